The highest BCUT2D eigenvalue weighted by Gasteiger charge is 2.32. The standard InChI is InChI=1S/C15H19BrN2O/c1-10(2)18-14(13(16)9-17-18)15(4,19)12-7-5-6-11(3)8-12/h5-10,19H,1-4H3. The van der Waals surface area contributed by atoms with Crippen LogP contribution in [0.2, 0.25) is 0 Å². The smallest absolute Gasteiger partial charge is 0.129 e. The number of hydrogen-bond acceptors (Lipinski definition) is 2. The van der Waals surface area contributed by atoms with E-state index in [0.29, 0.717) is 0 Å². The molecule has 0 amide bonds. The summed E-state index contributed by atoms with van der Waals surface area (Å²) in [5.41, 5.74) is 1.71. The van der Waals surface area contributed by atoms with Gasteiger partial charge in [-0.1, -0.05) is 29.8 Å². The van der Waals surface area contributed by atoms with Gasteiger partial charge in [0.05, 0.1) is 16.4 Å². The van der Waals surface area contributed by atoms with Gasteiger partial charge >= 0.3 is 0 Å². The van der Waals surface area contributed by atoms with Crippen molar-refractivity contribution in [2.75, 3.05) is 0 Å². The van der Waals surface area contributed by atoms with E-state index in [2.05, 4.69) is 34.9 Å². The van der Waals surface area contributed by atoms with Crippen molar-refractivity contribution in [3.63, 3.8) is 0 Å². The number of hydrogen-bond donors (Lipinski definition) is 1. The van der Waals surface area contributed by atoms with Crippen LogP contribution in [0.5, 0.6) is 0 Å². The third kappa shape index (κ3) is 2.60. The maximum Gasteiger partial charge on any atom is 0.129 e. The lowest BCUT2D eigenvalue weighted by Crippen LogP contribution is -2.28. The fourth-order valence-electron chi connectivity index (χ4n) is 2.27. The zero-order valence-corrected chi connectivity index (χ0v) is 13.3. The third-order valence-corrected chi connectivity index (χ3v) is 3.86. The number of aliphatic hydroxyl groups is 1. The molecule has 1 heterocycles. The Hall–Kier alpha value is -1.13. The van der Waals surface area contributed by atoms with Crippen molar-refractivity contribution in [3.8, 4) is 0 Å². The van der Waals surface area contributed by atoms with Crippen molar-refractivity contribution < 1.29 is 5.11 Å². The number of nitrogens with zero attached hydrogens (tertiary/aromatic N) is 2. The van der Waals surface area contributed by atoms with Gasteiger partial charge in [-0.25, -0.2) is 0 Å². The second-order valence-electron chi connectivity index (χ2n) is 5.32. The fourth-order valence-corrected chi connectivity index (χ4v) is 2.93. The molecule has 0 aliphatic heterocycles. The third-order valence-electron chi connectivity index (χ3n) is 3.28. The Morgan fingerprint density at radius 1 is 1.37 bits per heavy atom. The summed E-state index contributed by atoms with van der Waals surface area (Å²) in [7, 11) is 0. The largest absolute Gasteiger partial charge is 0.379 e. The summed E-state index contributed by atoms with van der Waals surface area (Å²) < 4.78 is 2.68. The average Bonchev–Trinajstić information content (AvgIpc) is 2.72. The van der Waals surface area contributed by atoms with E-state index in [-0.39, 0.29) is 6.04 Å². The molecule has 2 aromatic rings. The highest BCUT2D eigenvalue weighted by atomic mass is 79.9. The van der Waals surface area contributed by atoms with Gasteiger partial charge in [-0.3, -0.25) is 4.68 Å². The zero-order valence-electron chi connectivity index (χ0n) is 11.7. The summed E-state index contributed by atoms with van der Waals surface area (Å²) in [4.78, 5) is 0. The topological polar surface area (TPSA) is 38.1 Å². The molecule has 2 rings (SSSR count). The Morgan fingerprint density at radius 3 is 2.63 bits per heavy atom. The summed E-state index contributed by atoms with van der Waals surface area (Å²) in [6, 6.07) is 8.12. The molecule has 1 unspecified atom stereocenters. The van der Waals surface area contributed by atoms with Gasteiger partial charge in [0.25, 0.3) is 0 Å². The molecule has 1 aromatic heterocycles. The van der Waals surface area contributed by atoms with Crippen LogP contribution >= 0.6 is 15.9 Å². The summed E-state index contributed by atoms with van der Waals surface area (Å²) in [6.07, 6.45) is 1.74. The molecule has 1 atom stereocenters. The lowest BCUT2D eigenvalue weighted by atomic mass is 9.91. The van der Waals surface area contributed by atoms with Crippen molar-refractivity contribution in [2.24, 2.45) is 0 Å². The second-order valence-corrected chi connectivity index (χ2v) is 6.18. The highest BCUT2D eigenvalue weighted by molar-refractivity contribution is 9.10. The van der Waals surface area contributed by atoms with Gasteiger partial charge < -0.3 is 5.11 Å². The monoisotopic (exact) mass is 322 g/mol. The van der Waals surface area contributed by atoms with Crippen LogP contribution in [0.3, 0.4) is 0 Å². The van der Waals surface area contributed by atoms with Crippen LogP contribution in [0.4, 0.5) is 0 Å². The van der Waals surface area contributed by atoms with E-state index in [9.17, 15) is 5.11 Å². The maximum absolute atomic E-state index is 11.0. The van der Waals surface area contributed by atoms with E-state index in [0.717, 1.165) is 21.3 Å². The SMILES string of the molecule is Cc1cccc(C(C)(O)c2c(Br)cnn2C(C)C)c1. The average molecular weight is 323 g/mol. The molecule has 0 fully saturated rings. The quantitative estimate of drug-likeness (QED) is 0.933. The molecule has 1 aromatic carbocycles. The fraction of sp³-hybridized carbons (Fsp3) is 0.400. The maximum atomic E-state index is 11.0. The zero-order chi connectivity index (χ0) is 14.2. The van der Waals surface area contributed by atoms with Crippen LogP contribution in [0.15, 0.2) is 34.9 Å². The Labute approximate surface area is 122 Å². The molecular formula is C15H19BrN2O. The summed E-state index contributed by atoms with van der Waals surface area (Å²) in [6.45, 7) is 7.93. The molecule has 102 valence electrons. The van der Waals surface area contributed by atoms with E-state index in [4.69, 9.17) is 0 Å². The molecule has 0 saturated carbocycles. The number of benzene rings is 1. The van der Waals surface area contributed by atoms with Crippen molar-refractivity contribution >= 4 is 15.9 Å². The van der Waals surface area contributed by atoms with Crippen LogP contribution in [0, 0.1) is 6.92 Å². The number of halogens is 1. The highest BCUT2D eigenvalue weighted by Crippen LogP contribution is 2.35. The molecule has 4 heteroatoms. The van der Waals surface area contributed by atoms with Crippen LogP contribution in [-0.2, 0) is 5.60 Å². The normalized spacial score (nSPS) is 14.7. The first kappa shape index (κ1) is 14.3. The second kappa shape index (κ2) is 5.10. The lowest BCUT2D eigenvalue weighted by Gasteiger charge is -2.27. The molecule has 0 aliphatic carbocycles. The van der Waals surface area contributed by atoms with Crippen molar-refractivity contribution in [1.29, 1.82) is 0 Å². The number of rotatable bonds is 3. The van der Waals surface area contributed by atoms with Crippen LogP contribution < -0.4 is 0 Å². The first-order valence-electron chi connectivity index (χ1n) is 6.37. The minimum absolute atomic E-state index is 0.192. The number of aromatic nitrogens is 2. The van der Waals surface area contributed by atoms with Crippen LogP contribution in [0.25, 0.3) is 0 Å². The summed E-state index contributed by atoms with van der Waals surface area (Å²) >= 11 is 3.49. The Morgan fingerprint density at radius 2 is 2.05 bits per heavy atom. The predicted octanol–water partition coefficient (Wildman–Crippen LogP) is 3.79. The predicted molar refractivity (Wildman–Crippen MR) is 80.2 cm³/mol. The molecule has 0 aliphatic rings. The summed E-state index contributed by atoms with van der Waals surface area (Å²) in [5, 5.41) is 15.3. The van der Waals surface area contributed by atoms with Crippen LogP contribution in [-0.4, -0.2) is 14.9 Å². The van der Waals surface area contributed by atoms with Gasteiger partial charge in [-0.05, 0) is 49.2 Å². The lowest BCUT2D eigenvalue weighted by molar-refractivity contribution is 0.0891. The minimum Gasteiger partial charge on any atom is -0.379 e. The van der Waals surface area contributed by atoms with Gasteiger partial charge in [0.1, 0.15) is 5.60 Å². The molecule has 1 N–H and O–H groups in total. The van der Waals surface area contributed by atoms with E-state index in [1.54, 1.807) is 6.20 Å². The van der Waals surface area contributed by atoms with E-state index in [1.165, 1.54) is 0 Å². The van der Waals surface area contributed by atoms with E-state index in [1.807, 2.05) is 42.8 Å². The van der Waals surface area contributed by atoms with Gasteiger partial charge in [-0.15, -0.1) is 0 Å². The first-order valence-corrected chi connectivity index (χ1v) is 7.16. The van der Waals surface area contributed by atoms with Crippen molar-refractivity contribution in [3.05, 3.63) is 51.8 Å². The van der Waals surface area contributed by atoms with Crippen LogP contribution in [0.1, 0.15) is 43.6 Å². The Bertz CT molecular complexity index is 588. The molecule has 0 saturated heterocycles. The van der Waals surface area contributed by atoms with E-state index < -0.39 is 5.60 Å². The van der Waals surface area contributed by atoms with Gasteiger partial charge in [0.15, 0.2) is 0 Å². The molecule has 0 bridgehead atoms. The molecular weight excluding hydrogens is 304 g/mol. The Kier molecular flexibility index (Phi) is 3.83. The van der Waals surface area contributed by atoms with Crippen molar-refractivity contribution in [2.45, 2.75) is 39.3 Å². The van der Waals surface area contributed by atoms with Gasteiger partial charge in [0.2, 0.25) is 0 Å². The molecule has 19 heavy (non-hydrogen) atoms. The number of aryl methyl sites for hydroxylation is 1. The minimum atomic E-state index is -1.08. The van der Waals surface area contributed by atoms with Gasteiger partial charge in [-0.2, -0.15) is 5.10 Å². The summed E-state index contributed by atoms with van der Waals surface area (Å²) in [5.74, 6) is 0. The Balaban J connectivity index is 2.59. The molecule has 0 radical (unpaired) electrons. The molecule has 0 spiro atoms. The van der Waals surface area contributed by atoms with Crippen molar-refractivity contribution in [1.82, 2.24) is 9.78 Å². The first-order chi connectivity index (χ1) is 8.84. The van der Waals surface area contributed by atoms with E-state index >= 15 is 0 Å². The molecule has 3 nitrogen and oxygen atoms in total. The van der Waals surface area contributed by atoms with Gasteiger partial charge in [0, 0.05) is 6.04 Å².